The van der Waals surface area contributed by atoms with E-state index in [-0.39, 0.29) is 11.9 Å². The van der Waals surface area contributed by atoms with Gasteiger partial charge in [-0.25, -0.2) is 4.98 Å². The van der Waals surface area contributed by atoms with Crippen LogP contribution in [0.5, 0.6) is 0 Å². The summed E-state index contributed by atoms with van der Waals surface area (Å²) in [5.74, 6) is 1.87. The lowest BCUT2D eigenvalue weighted by Crippen LogP contribution is -2.31. The van der Waals surface area contributed by atoms with Crippen LogP contribution in [0.25, 0.3) is 0 Å². The predicted octanol–water partition coefficient (Wildman–Crippen LogP) is 2.69. The van der Waals surface area contributed by atoms with Crippen molar-refractivity contribution in [3.63, 3.8) is 0 Å². The van der Waals surface area contributed by atoms with E-state index < -0.39 is 0 Å². The Kier molecular flexibility index (Phi) is 3.02. The second-order valence-corrected chi connectivity index (χ2v) is 6.54. The molecule has 6 nitrogen and oxygen atoms in total. The summed E-state index contributed by atoms with van der Waals surface area (Å²) in [6.07, 6.45) is 4.14. The van der Waals surface area contributed by atoms with Crippen molar-refractivity contribution in [2.24, 2.45) is 0 Å². The molecule has 2 aliphatic rings. The number of carbonyl (C=O) groups excluding carboxylic acids is 1. The molecule has 2 aromatic heterocycles. The minimum Gasteiger partial charge on any atom is -0.339 e. The van der Waals surface area contributed by atoms with E-state index in [0.29, 0.717) is 16.6 Å². The van der Waals surface area contributed by atoms with Crippen molar-refractivity contribution in [1.82, 2.24) is 20.0 Å². The molecule has 1 saturated carbocycles. The highest BCUT2D eigenvalue weighted by Crippen LogP contribution is 2.40. The van der Waals surface area contributed by atoms with Gasteiger partial charge in [-0.1, -0.05) is 5.16 Å². The highest BCUT2D eigenvalue weighted by Gasteiger charge is 2.37. The SMILES string of the molecule is Cc1ncsc1C(=O)N1CCC[C@@H]1c1noc(C2CC2)n1. The number of aromatic nitrogens is 3. The molecular formula is C14H16N4O2S. The van der Waals surface area contributed by atoms with Gasteiger partial charge in [-0.15, -0.1) is 11.3 Å². The van der Waals surface area contributed by atoms with Gasteiger partial charge in [0.1, 0.15) is 4.88 Å². The topological polar surface area (TPSA) is 72.1 Å². The molecule has 1 amide bonds. The van der Waals surface area contributed by atoms with E-state index in [9.17, 15) is 4.79 Å². The van der Waals surface area contributed by atoms with Crippen LogP contribution in [0.2, 0.25) is 0 Å². The molecule has 0 radical (unpaired) electrons. The first-order chi connectivity index (χ1) is 10.2. The Hall–Kier alpha value is -1.76. The number of nitrogens with zero attached hydrogens (tertiary/aromatic N) is 4. The van der Waals surface area contributed by atoms with Crippen LogP contribution in [-0.4, -0.2) is 32.5 Å². The summed E-state index contributed by atoms with van der Waals surface area (Å²) in [7, 11) is 0. The fourth-order valence-corrected chi connectivity index (χ4v) is 3.55. The van der Waals surface area contributed by atoms with Gasteiger partial charge >= 0.3 is 0 Å². The van der Waals surface area contributed by atoms with Gasteiger partial charge in [0.15, 0.2) is 5.82 Å². The number of aryl methyl sites for hydroxylation is 1. The zero-order valence-electron chi connectivity index (χ0n) is 11.8. The summed E-state index contributed by atoms with van der Waals surface area (Å²) in [5, 5.41) is 4.10. The standard InChI is InChI=1S/C14H16N4O2S/c1-8-11(21-7-15-8)14(19)18-6-2-3-10(18)12-16-13(20-17-12)9-4-5-9/h7,9-10H,2-6H2,1H3/t10-/m1/s1. The number of hydrogen-bond acceptors (Lipinski definition) is 6. The van der Waals surface area contributed by atoms with E-state index in [1.165, 1.54) is 11.3 Å². The first-order valence-corrected chi connectivity index (χ1v) is 8.16. The second kappa shape index (κ2) is 4.91. The Bertz CT molecular complexity index is 676. The summed E-state index contributed by atoms with van der Waals surface area (Å²) in [6, 6.07) is -0.0600. The van der Waals surface area contributed by atoms with Crippen molar-refractivity contribution in [1.29, 1.82) is 0 Å². The molecule has 0 N–H and O–H groups in total. The molecule has 0 bridgehead atoms. The van der Waals surface area contributed by atoms with Crippen LogP contribution in [-0.2, 0) is 0 Å². The van der Waals surface area contributed by atoms with E-state index in [4.69, 9.17) is 4.52 Å². The molecule has 2 aromatic rings. The van der Waals surface area contributed by atoms with Gasteiger partial charge in [-0.05, 0) is 32.6 Å². The Morgan fingerprint density at radius 3 is 3.00 bits per heavy atom. The number of rotatable bonds is 3. The summed E-state index contributed by atoms with van der Waals surface area (Å²) >= 11 is 1.40. The monoisotopic (exact) mass is 304 g/mol. The molecule has 21 heavy (non-hydrogen) atoms. The normalized spacial score (nSPS) is 22.0. The van der Waals surface area contributed by atoms with Crippen LogP contribution < -0.4 is 0 Å². The van der Waals surface area contributed by atoms with Crippen LogP contribution in [0.15, 0.2) is 10.0 Å². The van der Waals surface area contributed by atoms with Crippen molar-refractivity contribution in [2.75, 3.05) is 6.54 Å². The second-order valence-electron chi connectivity index (χ2n) is 5.69. The van der Waals surface area contributed by atoms with Crippen molar-refractivity contribution in [3.8, 4) is 0 Å². The summed E-state index contributed by atoms with van der Waals surface area (Å²) in [5.41, 5.74) is 2.51. The number of carbonyl (C=O) groups is 1. The summed E-state index contributed by atoms with van der Waals surface area (Å²) < 4.78 is 5.33. The minimum atomic E-state index is -0.0600. The van der Waals surface area contributed by atoms with Crippen molar-refractivity contribution < 1.29 is 9.32 Å². The smallest absolute Gasteiger partial charge is 0.266 e. The van der Waals surface area contributed by atoms with Gasteiger partial charge in [0.05, 0.1) is 17.2 Å². The maximum Gasteiger partial charge on any atom is 0.266 e. The minimum absolute atomic E-state index is 0.0373. The first kappa shape index (κ1) is 12.9. The lowest BCUT2D eigenvalue weighted by atomic mass is 10.2. The summed E-state index contributed by atoms with van der Waals surface area (Å²) in [6.45, 7) is 2.61. The molecule has 1 aliphatic heterocycles. The van der Waals surface area contributed by atoms with Gasteiger partial charge in [0.25, 0.3) is 5.91 Å². The predicted molar refractivity (Wildman–Crippen MR) is 76.1 cm³/mol. The van der Waals surface area contributed by atoms with Crippen LogP contribution in [0.1, 0.15) is 64.7 Å². The molecular weight excluding hydrogens is 288 g/mol. The van der Waals surface area contributed by atoms with Crippen molar-refractivity contribution in [2.45, 2.75) is 44.6 Å². The van der Waals surface area contributed by atoms with Gasteiger partial charge in [0, 0.05) is 12.5 Å². The fraction of sp³-hybridized carbons (Fsp3) is 0.571. The lowest BCUT2D eigenvalue weighted by Gasteiger charge is -2.21. The Morgan fingerprint density at radius 2 is 2.29 bits per heavy atom. The van der Waals surface area contributed by atoms with Crippen LogP contribution in [0.4, 0.5) is 0 Å². The molecule has 0 unspecified atom stereocenters. The quantitative estimate of drug-likeness (QED) is 0.871. The highest BCUT2D eigenvalue weighted by molar-refractivity contribution is 7.11. The molecule has 7 heteroatoms. The van der Waals surface area contributed by atoms with Gasteiger partial charge < -0.3 is 9.42 Å². The lowest BCUT2D eigenvalue weighted by molar-refractivity contribution is 0.0732. The molecule has 2 fully saturated rings. The molecule has 1 aliphatic carbocycles. The maximum atomic E-state index is 12.7. The molecule has 110 valence electrons. The van der Waals surface area contributed by atoms with E-state index in [2.05, 4.69) is 15.1 Å². The number of hydrogen-bond donors (Lipinski definition) is 0. The number of amides is 1. The van der Waals surface area contributed by atoms with E-state index in [1.54, 1.807) is 5.51 Å². The van der Waals surface area contributed by atoms with Crippen molar-refractivity contribution >= 4 is 17.2 Å². The highest BCUT2D eigenvalue weighted by atomic mass is 32.1. The van der Waals surface area contributed by atoms with E-state index in [0.717, 1.165) is 43.8 Å². The maximum absolute atomic E-state index is 12.7. The van der Waals surface area contributed by atoms with Crippen LogP contribution in [0, 0.1) is 6.92 Å². The number of thiazole rings is 1. The first-order valence-electron chi connectivity index (χ1n) is 7.28. The molecule has 3 heterocycles. The molecule has 0 aromatic carbocycles. The third-order valence-corrected chi connectivity index (χ3v) is 5.05. The molecule has 0 spiro atoms. The van der Waals surface area contributed by atoms with Crippen LogP contribution >= 0.6 is 11.3 Å². The number of likely N-dealkylation sites (tertiary alicyclic amines) is 1. The fourth-order valence-electron chi connectivity index (χ4n) is 2.79. The third-order valence-electron chi connectivity index (χ3n) is 4.14. The largest absolute Gasteiger partial charge is 0.339 e. The zero-order chi connectivity index (χ0) is 14.4. The van der Waals surface area contributed by atoms with Crippen molar-refractivity contribution in [3.05, 3.63) is 27.8 Å². The molecule has 1 saturated heterocycles. The zero-order valence-corrected chi connectivity index (χ0v) is 12.6. The Morgan fingerprint density at radius 1 is 1.43 bits per heavy atom. The summed E-state index contributed by atoms with van der Waals surface area (Å²) in [4.78, 5) is 23.9. The van der Waals surface area contributed by atoms with Crippen LogP contribution in [0.3, 0.4) is 0 Å². The molecule has 1 atom stereocenters. The third kappa shape index (κ3) is 2.25. The van der Waals surface area contributed by atoms with Gasteiger partial charge in [-0.2, -0.15) is 4.98 Å². The van der Waals surface area contributed by atoms with E-state index in [1.807, 2.05) is 11.8 Å². The molecule has 4 rings (SSSR count). The van der Waals surface area contributed by atoms with Gasteiger partial charge in [-0.3, -0.25) is 4.79 Å². The van der Waals surface area contributed by atoms with Gasteiger partial charge in [0.2, 0.25) is 5.89 Å². The average Bonchev–Trinajstić information content (AvgIpc) is 2.94. The average molecular weight is 304 g/mol. The van der Waals surface area contributed by atoms with E-state index >= 15 is 0 Å². The Labute approximate surface area is 126 Å². The Balaban J connectivity index is 1.59.